The molecule has 2 aliphatic rings. The van der Waals surface area contributed by atoms with Crippen LogP contribution in [0.2, 0.25) is 0 Å². The van der Waals surface area contributed by atoms with Crippen LogP contribution in [0.3, 0.4) is 0 Å². The first kappa shape index (κ1) is 27.3. The molecule has 208 valence electrons. The number of hydrogen-bond donors (Lipinski definition) is 1. The number of morpholine rings is 1. The number of hydrogen-bond acceptors (Lipinski definition) is 5. The molecule has 0 spiro atoms. The summed E-state index contributed by atoms with van der Waals surface area (Å²) in [7, 11) is 4.88. The SMILES string of the molecule is CNC(=O)N1C=C(c2ccc(-c3cccc(C(=O)N4CCOCC4)c3)cc2)c2cc(OC)c(OC)cc2CC1C. The molecule has 0 bridgehead atoms. The van der Waals surface area contributed by atoms with Crippen LogP contribution >= 0.6 is 0 Å². The fourth-order valence-electron chi connectivity index (χ4n) is 5.33. The molecule has 3 aromatic carbocycles. The second-order valence-electron chi connectivity index (χ2n) is 9.99. The molecule has 3 amide bonds. The average Bonchev–Trinajstić information content (AvgIpc) is 3.15. The van der Waals surface area contributed by atoms with Gasteiger partial charge in [0.05, 0.1) is 27.4 Å². The number of carbonyl (C=O) groups is 2. The lowest BCUT2D eigenvalue weighted by atomic mass is 9.91. The van der Waals surface area contributed by atoms with Gasteiger partial charge in [0, 0.05) is 43.5 Å². The maximum Gasteiger partial charge on any atom is 0.321 e. The van der Waals surface area contributed by atoms with Crippen LogP contribution in [0.1, 0.15) is 34.0 Å². The van der Waals surface area contributed by atoms with Crippen molar-refractivity contribution in [2.45, 2.75) is 19.4 Å². The topological polar surface area (TPSA) is 80.3 Å². The van der Waals surface area contributed by atoms with E-state index in [4.69, 9.17) is 14.2 Å². The lowest BCUT2D eigenvalue weighted by Gasteiger charge is -2.27. The number of nitrogens with zero attached hydrogens (tertiary/aromatic N) is 2. The second kappa shape index (κ2) is 11.8. The van der Waals surface area contributed by atoms with Gasteiger partial charge in [-0.25, -0.2) is 4.79 Å². The first-order valence-corrected chi connectivity index (χ1v) is 13.5. The lowest BCUT2D eigenvalue weighted by Crippen LogP contribution is -2.40. The van der Waals surface area contributed by atoms with E-state index in [-0.39, 0.29) is 18.0 Å². The zero-order valence-corrected chi connectivity index (χ0v) is 23.4. The molecular formula is C32H35N3O5. The summed E-state index contributed by atoms with van der Waals surface area (Å²) in [6.07, 6.45) is 2.57. The van der Waals surface area contributed by atoms with Gasteiger partial charge in [-0.1, -0.05) is 36.4 Å². The van der Waals surface area contributed by atoms with E-state index in [0.717, 1.165) is 33.4 Å². The number of carbonyl (C=O) groups excluding carboxylic acids is 2. The highest BCUT2D eigenvalue weighted by atomic mass is 16.5. The first-order valence-electron chi connectivity index (χ1n) is 13.5. The van der Waals surface area contributed by atoms with Crippen LogP contribution in [-0.2, 0) is 11.2 Å². The van der Waals surface area contributed by atoms with E-state index in [0.29, 0.717) is 49.8 Å². The van der Waals surface area contributed by atoms with Crippen molar-refractivity contribution in [2.24, 2.45) is 0 Å². The number of nitrogens with one attached hydrogen (secondary N) is 1. The van der Waals surface area contributed by atoms with Gasteiger partial charge < -0.3 is 24.4 Å². The van der Waals surface area contributed by atoms with Crippen LogP contribution < -0.4 is 14.8 Å². The lowest BCUT2D eigenvalue weighted by molar-refractivity contribution is 0.0303. The van der Waals surface area contributed by atoms with Crippen LogP contribution in [0.5, 0.6) is 11.5 Å². The van der Waals surface area contributed by atoms with E-state index in [2.05, 4.69) is 17.4 Å². The molecule has 0 aliphatic carbocycles. The number of fused-ring (bicyclic) bond motifs is 1. The Kier molecular flexibility index (Phi) is 8.07. The fourth-order valence-corrected chi connectivity index (χ4v) is 5.33. The molecule has 5 rings (SSSR count). The Bertz CT molecular complexity index is 1430. The van der Waals surface area contributed by atoms with E-state index in [1.165, 1.54) is 0 Å². The predicted octanol–water partition coefficient (Wildman–Crippen LogP) is 4.82. The minimum atomic E-state index is -0.171. The maximum absolute atomic E-state index is 13.0. The standard InChI is InChI=1S/C32H35N3O5/c1-21-16-26-18-29(38-3)30(39-4)19-27(26)28(20-35(21)32(37)33-2)23-10-8-22(9-11-23)24-6-5-7-25(17-24)31(36)34-12-14-40-15-13-34/h5-11,17-21H,12-16H2,1-4H3,(H,33,37). The molecule has 1 atom stereocenters. The summed E-state index contributed by atoms with van der Waals surface area (Å²) >= 11 is 0. The summed E-state index contributed by atoms with van der Waals surface area (Å²) in [6, 6.07) is 19.7. The molecule has 2 aliphatic heterocycles. The van der Waals surface area contributed by atoms with Gasteiger partial charge in [-0.2, -0.15) is 0 Å². The third kappa shape index (κ3) is 5.40. The van der Waals surface area contributed by atoms with Crippen LogP contribution in [0, 0.1) is 0 Å². The molecule has 8 heteroatoms. The van der Waals surface area contributed by atoms with Gasteiger partial charge in [0.2, 0.25) is 0 Å². The molecule has 1 N–H and O–H groups in total. The van der Waals surface area contributed by atoms with Gasteiger partial charge in [-0.05, 0) is 65.4 Å². The van der Waals surface area contributed by atoms with Crippen LogP contribution in [0.15, 0.2) is 66.9 Å². The molecule has 40 heavy (non-hydrogen) atoms. The molecule has 3 aromatic rings. The highest BCUT2D eigenvalue weighted by Crippen LogP contribution is 2.39. The first-order chi connectivity index (χ1) is 19.4. The Morgan fingerprint density at radius 2 is 1.57 bits per heavy atom. The number of rotatable bonds is 5. The highest BCUT2D eigenvalue weighted by Gasteiger charge is 2.27. The summed E-state index contributed by atoms with van der Waals surface area (Å²) in [5.41, 5.74) is 6.56. The van der Waals surface area contributed by atoms with E-state index in [1.54, 1.807) is 26.2 Å². The molecule has 1 saturated heterocycles. The Labute approximate surface area is 235 Å². The number of ether oxygens (including phenoxy) is 3. The van der Waals surface area contributed by atoms with Gasteiger partial charge in [-0.3, -0.25) is 9.69 Å². The molecule has 1 unspecified atom stereocenters. The molecule has 0 aromatic heterocycles. The Hall–Kier alpha value is -4.30. The summed E-state index contributed by atoms with van der Waals surface area (Å²) in [5.74, 6) is 1.31. The average molecular weight is 542 g/mol. The minimum absolute atomic E-state index is 0.0229. The van der Waals surface area contributed by atoms with Gasteiger partial charge >= 0.3 is 6.03 Å². The highest BCUT2D eigenvalue weighted by molar-refractivity contribution is 5.95. The van der Waals surface area contributed by atoms with E-state index in [1.807, 2.05) is 66.6 Å². The summed E-state index contributed by atoms with van der Waals surface area (Å²) in [4.78, 5) is 29.4. The largest absolute Gasteiger partial charge is 0.493 e. The summed E-state index contributed by atoms with van der Waals surface area (Å²) < 4.78 is 16.6. The molecule has 0 saturated carbocycles. The monoisotopic (exact) mass is 541 g/mol. The number of benzene rings is 3. The van der Waals surface area contributed by atoms with Crippen LogP contribution in [0.25, 0.3) is 16.7 Å². The second-order valence-corrected chi connectivity index (χ2v) is 9.99. The Morgan fingerprint density at radius 1 is 0.900 bits per heavy atom. The van der Waals surface area contributed by atoms with E-state index < -0.39 is 0 Å². The number of urea groups is 1. The third-order valence-corrected chi connectivity index (χ3v) is 7.54. The van der Waals surface area contributed by atoms with Gasteiger partial charge in [0.1, 0.15) is 0 Å². The minimum Gasteiger partial charge on any atom is -0.493 e. The summed E-state index contributed by atoms with van der Waals surface area (Å²) in [6.45, 7) is 4.39. The van der Waals surface area contributed by atoms with Crippen molar-refractivity contribution in [1.82, 2.24) is 15.1 Å². The fraction of sp³-hybridized carbons (Fsp3) is 0.312. The van der Waals surface area contributed by atoms with Crippen molar-refractivity contribution in [3.05, 3.63) is 89.1 Å². The normalized spacial score (nSPS) is 16.9. The van der Waals surface area contributed by atoms with Crippen molar-refractivity contribution >= 4 is 17.5 Å². The van der Waals surface area contributed by atoms with Crippen LogP contribution in [0.4, 0.5) is 4.79 Å². The van der Waals surface area contributed by atoms with Crippen molar-refractivity contribution < 1.29 is 23.8 Å². The maximum atomic E-state index is 13.0. The smallest absolute Gasteiger partial charge is 0.321 e. The quantitative estimate of drug-likeness (QED) is 0.501. The van der Waals surface area contributed by atoms with Crippen LogP contribution in [-0.4, -0.2) is 75.4 Å². The van der Waals surface area contributed by atoms with Crippen molar-refractivity contribution in [3.63, 3.8) is 0 Å². The van der Waals surface area contributed by atoms with Crippen molar-refractivity contribution in [1.29, 1.82) is 0 Å². The number of methoxy groups -OCH3 is 2. The zero-order valence-electron chi connectivity index (χ0n) is 23.4. The predicted molar refractivity (Wildman–Crippen MR) is 155 cm³/mol. The molecule has 2 heterocycles. The van der Waals surface area contributed by atoms with Gasteiger partial charge in [-0.15, -0.1) is 0 Å². The van der Waals surface area contributed by atoms with E-state index in [9.17, 15) is 9.59 Å². The zero-order chi connectivity index (χ0) is 28.2. The van der Waals surface area contributed by atoms with Gasteiger partial charge in [0.25, 0.3) is 5.91 Å². The van der Waals surface area contributed by atoms with Gasteiger partial charge in [0.15, 0.2) is 11.5 Å². The Balaban J connectivity index is 1.52. The number of amides is 3. The summed E-state index contributed by atoms with van der Waals surface area (Å²) in [5, 5.41) is 2.76. The van der Waals surface area contributed by atoms with Crippen molar-refractivity contribution in [3.8, 4) is 22.6 Å². The molecular weight excluding hydrogens is 506 g/mol. The third-order valence-electron chi connectivity index (χ3n) is 7.54. The van der Waals surface area contributed by atoms with E-state index >= 15 is 0 Å². The van der Waals surface area contributed by atoms with Crippen molar-refractivity contribution in [2.75, 3.05) is 47.6 Å². The molecule has 1 fully saturated rings. The Morgan fingerprint density at radius 3 is 2.25 bits per heavy atom. The molecule has 8 nitrogen and oxygen atoms in total. The molecule has 0 radical (unpaired) electrons.